The van der Waals surface area contributed by atoms with Gasteiger partial charge in [0, 0.05) is 37.2 Å². The third-order valence-electron chi connectivity index (χ3n) is 5.09. The van der Waals surface area contributed by atoms with E-state index in [0.717, 1.165) is 30.0 Å². The first-order chi connectivity index (χ1) is 11.1. The van der Waals surface area contributed by atoms with Crippen LogP contribution in [-0.4, -0.2) is 45.7 Å². The Hall–Kier alpha value is -1.56. The molecule has 1 N–H and O–H groups in total. The molecular formula is C17H22N2O3S. The number of amides is 1. The fourth-order valence-electron chi connectivity index (χ4n) is 3.81. The van der Waals surface area contributed by atoms with E-state index >= 15 is 0 Å². The van der Waals surface area contributed by atoms with Crippen LogP contribution in [0, 0.1) is 11.3 Å². The van der Waals surface area contributed by atoms with Crippen molar-refractivity contribution in [3.63, 3.8) is 0 Å². The van der Waals surface area contributed by atoms with Crippen molar-refractivity contribution in [1.82, 2.24) is 9.88 Å². The number of likely N-dealkylation sites (tertiary alicyclic amines) is 1. The Morgan fingerprint density at radius 1 is 1.43 bits per heavy atom. The predicted molar refractivity (Wildman–Crippen MR) is 89.0 cm³/mol. The summed E-state index contributed by atoms with van der Waals surface area (Å²) in [6.07, 6.45) is 4.87. The maximum Gasteiger partial charge on any atom is 0.311 e. The predicted octanol–water partition coefficient (Wildman–Crippen LogP) is 2.42. The summed E-state index contributed by atoms with van der Waals surface area (Å²) in [4.78, 5) is 30.0. The minimum atomic E-state index is -0.722. The molecule has 0 radical (unpaired) electrons. The normalized spacial score (nSPS) is 26.3. The molecule has 6 heteroatoms. The van der Waals surface area contributed by atoms with Crippen molar-refractivity contribution < 1.29 is 14.7 Å². The standard InChI is InChI=1S/C17H22N2O3S/c20-15(6-9-23-11-14-5-1-2-8-18-14)19-10-13-4-3-7-17(13,12-19)16(21)22/h1-2,5,8,13H,3-4,6-7,9-12H2,(H,21,22)/t13-,17+/m0/s1. The second-order valence-electron chi connectivity index (χ2n) is 6.45. The van der Waals surface area contributed by atoms with Gasteiger partial charge in [0.1, 0.15) is 0 Å². The Balaban J connectivity index is 1.45. The first-order valence-electron chi connectivity index (χ1n) is 8.11. The molecule has 1 aliphatic heterocycles. The van der Waals surface area contributed by atoms with Crippen LogP contribution in [0.15, 0.2) is 24.4 Å². The van der Waals surface area contributed by atoms with Gasteiger partial charge in [0.15, 0.2) is 0 Å². The summed E-state index contributed by atoms with van der Waals surface area (Å²) in [6.45, 7) is 1.02. The first-order valence-corrected chi connectivity index (χ1v) is 9.26. The molecule has 1 aromatic rings. The van der Waals surface area contributed by atoms with Gasteiger partial charge in [-0.1, -0.05) is 12.5 Å². The molecule has 1 amide bonds. The van der Waals surface area contributed by atoms with Crippen LogP contribution in [0.4, 0.5) is 0 Å². The summed E-state index contributed by atoms with van der Waals surface area (Å²) in [6, 6.07) is 5.83. The Bertz CT molecular complexity index is 580. The Labute approximate surface area is 140 Å². The van der Waals surface area contributed by atoms with E-state index in [0.29, 0.717) is 25.9 Å². The topological polar surface area (TPSA) is 70.5 Å². The SMILES string of the molecule is O=C(CCSCc1ccccn1)N1C[C@@H]2CCC[C@@]2(C(=O)O)C1. The van der Waals surface area contributed by atoms with Crippen LogP contribution in [0.2, 0.25) is 0 Å². The molecule has 2 aliphatic rings. The number of aromatic nitrogens is 1. The van der Waals surface area contributed by atoms with Gasteiger partial charge in [-0.05, 0) is 30.9 Å². The highest BCUT2D eigenvalue weighted by atomic mass is 32.2. The van der Waals surface area contributed by atoms with E-state index in [1.807, 2.05) is 18.2 Å². The van der Waals surface area contributed by atoms with E-state index in [2.05, 4.69) is 4.98 Å². The van der Waals surface area contributed by atoms with Crippen molar-refractivity contribution >= 4 is 23.6 Å². The van der Waals surface area contributed by atoms with Crippen molar-refractivity contribution in [3.8, 4) is 0 Å². The highest BCUT2D eigenvalue weighted by molar-refractivity contribution is 7.98. The van der Waals surface area contributed by atoms with E-state index in [9.17, 15) is 14.7 Å². The zero-order valence-corrected chi connectivity index (χ0v) is 13.9. The Morgan fingerprint density at radius 2 is 2.30 bits per heavy atom. The second-order valence-corrected chi connectivity index (χ2v) is 7.55. The van der Waals surface area contributed by atoms with E-state index in [4.69, 9.17) is 0 Å². The van der Waals surface area contributed by atoms with Crippen molar-refractivity contribution in [2.24, 2.45) is 11.3 Å². The number of fused-ring (bicyclic) bond motifs is 1. The van der Waals surface area contributed by atoms with Gasteiger partial charge in [-0.25, -0.2) is 0 Å². The molecule has 0 spiro atoms. The number of thioether (sulfide) groups is 1. The van der Waals surface area contributed by atoms with Gasteiger partial charge in [-0.2, -0.15) is 11.8 Å². The number of carbonyl (C=O) groups is 2. The molecule has 23 heavy (non-hydrogen) atoms. The number of carboxylic acid groups (broad SMARTS) is 1. The number of aliphatic carboxylic acids is 1. The van der Waals surface area contributed by atoms with E-state index < -0.39 is 11.4 Å². The lowest BCUT2D eigenvalue weighted by Gasteiger charge is -2.23. The van der Waals surface area contributed by atoms with E-state index in [-0.39, 0.29) is 11.8 Å². The van der Waals surface area contributed by atoms with Gasteiger partial charge in [0.2, 0.25) is 5.91 Å². The van der Waals surface area contributed by atoms with Crippen LogP contribution >= 0.6 is 11.8 Å². The number of rotatable bonds is 6. The summed E-state index contributed by atoms with van der Waals surface area (Å²) in [5.41, 5.74) is 0.349. The monoisotopic (exact) mass is 334 g/mol. The van der Waals surface area contributed by atoms with Crippen molar-refractivity contribution in [1.29, 1.82) is 0 Å². The Kier molecular flexibility index (Phi) is 4.90. The summed E-state index contributed by atoms with van der Waals surface area (Å²) in [5.74, 6) is 1.06. The quantitative estimate of drug-likeness (QED) is 0.809. The number of carboxylic acids is 1. The summed E-state index contributed by atoms with van der Waals surface area (Å²) >= 11 is 1.69. The lowest BCUT2D eigenvalue weighted by atomic mass is 9.81. The molecule has 1 saturated heterocycles. The highest BCUT2D eigenvalue weighted by Crippen LogP contribution is 2.48. The zero-order valence-electron chi connectivity index (χ0n) is 13.1. The minimum absolute atomic E-state index is 0.0912. The number of pyridine rings is 1. The van der Waals surface area contributed by atoms with Gasteiger partial charge >= 0.3 is 5.97 Å². The van der Waals surface area contributed by atoms with Crippen LogP contribution < -0.4 is 0 Å². The van der Waals surface area contributed by atoms with Gasteiger partial charge in [-0.3, -0.25) is 14.6 Å². The van der Waals surface area contributed by atoms with Crippen LogP contribution in [0.25, 0.3) is 0 Å². The third kappa shape index (κ3) is 3.37. The first kappa shape index (κ1) is 16.3. The van der Waals surface area contributed by atoms with E-state index in [1.54, 1.807) is 22.9 Å². The molecule has 5 nitrogen and oxygen atoms in total. The fourth-order valence-corrected chi connectivity index (χ4v) is 4.65. The molecule has 1 saturated carbocycles. The van der Waals surface area contributed by atoms with Crippen LogP contribution in [0.5, 0.6) is 0 Å². The van der Waals surface area contributed by atoms with Crippen molar-refractivity contribution in [3.05, 3.63) is 30.1 Å². The van der Waals surface area contributed by atoms with Gasteiger partial charge in [0.05, 0.1) is 11.1 Å². The smallest absolute Gasteiger partial charge is 0.311 e. The molecule has 2 heterocycles. The molecule has 124 valence electrons. The molecule has 0 unspecified atom stereocenters. The van der Waals surface area contributed by atoms with Crippen LogP contribution in [-0.2, 0) is 15.3 Å². The minimum Gasteiger partial charge on any atom is -0.481 e. The molecule has 0 aromatic carbocycles. The lowest BCUT2D eigenvalue weighted by Crippen LogP contribution is -2.37. The molecule has 3 rings (SSSR count). The maximum absolute atomic E-state index is 12.4. The molecule has 0 bridgehead atoms. The molecule has 1 aliphatic carbocycles. The summed E-state index contributed by atoms with van der Waals surface area (Å²) in [5, 5.41) is 9.56. The van der Waals surface area contributed by atoms with Gasteiger partial charge in [0.25, 0.3) is 0 Å². The molecule has 1 aromatic heterocycles. The average molecular weight is 334 g/mol. The number of nitrogens with zero attached hydrogens (tertiary/aromatic N) is 2. The number of hydrogen-bond acceptors (Lipinski definition) is 4. The molecule has 2 fully saturated rings. The van der Waals surface area contributed by atoms with Crippen LogP contribution in [0.3, 0.4) is 0 Å². The largest absolute Gasteiger partial charge is 0.481 e. The van der Waals surface area contributed by atoms with E-state index in [1.165, 1.54) is 0 Å². The Morgan fingerprint density at radius 3 is 3.00 bits per heavy atom. The lowest BCUT2D eigenvalue weighted by molar-refractivity contribution is -0.149. The van der Waals surface area contributed by atoms with Crippen molar-refractivity contribution in [2.75, 3.05) is 18.8 Å². The number of hydrogen-bond donors (Lipinski definition) is 1. The average Bonchev–Trinajstić information content (AvgIpc) is 3.10. The van der Waals surface area contributed by atoms with Crippen LogP contribution in [0.1, 0.15) is 31.4 Å². The molecular weight excluding hydrogens is 312 g/mol. The summed E-state index contributed by atoms with van der Waals surface area (Å²) < 4.78 is 0. The second kappa shape index (κ2) is 6.91. The molecule has 2 atom stereocenters. The zero-order chi connectivity index (χ0) is 16.3. The highest BCUT2D eigenvalue weighted by Gasteiger charge is 2.55. The van der Waals surface area contributed by atoms with Gasteiger partial charge < -0.3 is 10.0 Å². The fraction of sp³-hybridized carbons (Fsp3) is 0.588. The number of carbonyl (C=O) groups excluding carboxylic acids is 1. The van der Waals surface area contributed by atoms with Crippen molar-refractivity contribution in [2.45, 2.75) is 31.4 Å². The third-order valence-corrected chi connectivity index (χ3v) is 6.08. The van der Waals surface area contributed by atoms with Gasteiger partial charge in [-0.15, -0.1) is 0 Å². The maximum atomic E-state index is 12.4. The summed E-state index contributed by atoms with van der Waals surface area (Å²) in [7, 11) is 0.